The van der Waals surface area contributed by atoms with Crippen LogP contribution in [0.1, 0.15) is 5.56 Å². The van der Waals surface area contributed by atoms with E-state index in [0.717, 1.165) is 28.4 Å². The maximum absolute atomic E-state index is 5.78. The fourth-order valence-corrected chi connectivity index (χ4v) is 2.61. The maximum Gasteiger partial charge on any atom is 0.175 e. The second-order valence-corrected chi connectivity index (χ2v) is 6.02. The number of benzene rings is 3. The molecule has 0 fully saturated rings. The number of hydrogen-bond donors (Lipinski definition) is 2. The van der Waals surface area contributed by atoms with Crippen LogP contribution in [0.25, 0.3) is 0 Å². The molecule has 4 nitrogen and oxygen atoms in total. The first-order valence-electron chi connectivity index (χ1n) is 8.22. The summed E-state index contributed by atoms with van der Waals surface area (Å²) < 4.78 is 11.0. The third-order valence-corrected chi connectivity index (χ3v) is 3.89. The van der Waals surface area contributed by atoms with E-state index < -0.39 is 0 Å². The molecule has 0 radical (unpaired) electrons. The molecule has 0 aliphatic carbocycles. The topological polar surface area (TPSA) is 42.5 Å². The Morgan fingerprint density at radius 1 is 0.808 bits per heavy atom. The molecule has 0 saturated heterocycles. The average Bonchev–Trinajstić information content (AvgIpc) is 2.68. The van der Waals surface area contributed by atoms with Crippen LogP contribution in [0.2, 0.25) is 0 Å². The maximum atomic E-state index is 5.78. The van der Waals surface area contributed by atoms with E-state index in [2.05, 4.69) is 10.6 Å². The zero-order valence-corrected chi connectivity index (χ0v) is 15.3. The third-order valence-electron chi connectivity index (χ3n) is 3.69. The number of thiocarbonyl (C=S) groups is 1. The number of hydrogen-bond acceptors (Lipinski definition) is 3. The van der Waals surface area contributed by atoms with Crippen molar-refractivity contribution in [2.45, 2.75) is 6.61 Å². The highest BCUT2D eigenvalue weighted by molar-refractivity contribution is 7.80. The van der Waals surface area contributed by atoms with Crippen LogP contribution >= 0.6 is 12.2 Å². The van der Waals surface area contributed by atoms with Crippen molar-refractivity contribution in [3.8, 4) is 11.5 Å². The average molecular weight is 364 g/mol. The van der Waals surface area contributed by atoms with Crippen LogP contribution in [0.3, 0.4) is 0 Å². The quantitative estimate of drug-likeness (QED) is 0.597. The van der Waals surface area contributed by atoms with Crippen molar-refractivity contribution in [1.29, 1.82) is 0 Å². The molecule has 0 aromatic heterocycles. The molecule has 0 amide bonds. The van der Waals surface area contributed by atoms with E-state index >= 15 is 0 Å². The lowest BCUT2D eigenvalue weighted by molar-refractivity contribution is 0.306. The molecule has 3 aromatic carbocycles. The molecule has 2 N–H and O–H groups in total. The number of rotatable bonds is 6. The molecule has 3 rings (SSSR count). The predicted molar refractivity (Wildman–Crippen MR) is 110 cm³/mol. The molecule has 132 valence electrons. The smallest absolute Gasteiger partial charge is 0.175 e. The van der Waals surface area contributed by atoms with Crippen molar-refractivity contribution in [2.75, 3.05) is 17.7 Å². The summed E-state index contributed by atoms with van der Waals surface area (Å²) in [5, 5.41) is 6.80. The first-order chi connectivity index (χ1) is 12.7. The molecule has 0 atom stereocenters. The molecule has 26 heavy (non-hydrogen) atoms. The summed E-state index contributed by atoms with van der Waals surface area (Å²) >= 11 is 5.35. The molecule has 0 unspecified atom stereocenters. The van der Waals surface area contributed by atoms with Crippen molar-refractivity contribution >= 4 is 28.7 Å². The van der Waals surface area contributed by atoms with E-state index in [9.17, 15) is 0 Å². The van der Waals surface area contributed by atoms with Crippen LogP contribution < -0.4 is 20.1 Å². The van der Waals surface area contributed by atoms with Crippen molar-refractivity contribution < 1.29 is 9.47 Å². The molecule has 5 heteroatoms. The van der Waals surface area contributed by atoms with Crippen LogP contribution in [-0.2, 0) is 6.61 Å². The van der Waals surface area contributed by atoms with E-state index in [-0.39, 0.29) is 0 Å². The van der Waals surface area contributed by atoms with Gasteiger partial charge in [0.25, 0.3) is 0 Å². The first kappa shape index (κ1) is 17.8. The van der Waals surface area contributed by atoms with Gasteiger partial charge in [-0.25, -0.2) is 0 Å². The summed E-state index contributed by atoms with van der Waals surface area (Å²) in [7, 11) is 1.64. The van der Waals surface area contributed by atoms with Gasteiger partial charge in [-0.1, -0.05) is 36.4 Å². The van der Waals surface area contributed by atoms with Crippen LogP contribution in [0.4, 0.5) is 11.4 Å². The van der Waals surface area contributed by atoms with Crippen molar-refractivity contribution in [1.82, 2.24) is 0 Å². The third kappa shape index (κ3) is 5.22. The standard InChI is InChI=1S/C21H20N2O2S/c1-24-20-9-5-8-18(14-20)23-21(26)22-17-10-12-19(13-11-17)25-15-16-6-3-2-4-7-16/h2-14H,15H2,1H3,(H2,22,23,26). The van der Waals surface area contributed by atoms with Gasteiger partial charge in [-0.2, -0.15) is 0 Å². The molecule has 0 aliphatic rings. The number of ether oxygens (including phenoxy) is 2. The monoisotopic (exact) mass is 364 g/mol. The van der Waals surface area contributed by atoms with E-state index in [1.54, 1.807) is 7.11 Å². The van der Waals surface area contributed by atoms with Gasteiger partial charge in [-0.15, -0.1) is 0 Å². The van der Waals surface area contributed by atoms with Crippen LogP contribution in [0.5, 0.6) is 11.5 Å². The minimum Gasteiger partial charge on any atom is -0.497 e. The molecule has 0 spiro atoms. The van der Waals surface area contributed by atoms with Gasteiger partial charge in [0.2, 0.25) is 0 Å². The van der Waals surface area contributed by atoms with Gasteiger partial charge in [-0.3, -0.25) is 0 Å². The fraction of sp³-hybridized carbons (Fsp3) is 0.0952. The van der Waals surface area contributed by atoms with Gasteiger partial charge in [0.1, 0.15) is 18.1 Å². The SMILES string of the molecule is COc1cccc(NC(=S)Nc2ccc(OCc3ccccc3)cc2)c1. The Morgan fingerprint density at radius 3 is 2.27 bits per heavy atom. The fourth-order valence-electron chi connectivity index (χ4n) is 2.37. The highest BCUT2D eigenvalue weighted by Gasteiger charge is 2.01. The van der Waals surface area contributed by atoms with E-state index in [0.29, 0.717) is 11.7 Å². The lowest BCUT2D eigenvalue weighted by Crippen LogP contribution is -2.18. The summed E-state index contributed by atoms with van der Waals surface area (Å²) in [6.45, 7) is 0.545. The molecule has 0 heterocycles. The van der Waals surface area contributed by atoms with Crippen molar-refractivity contribution in [3.05, 3.63) is 84.4 Å². The van der Waals surface area contributed by atoms with Crippen LogP contribution in [0, 0.1) is 0 Å². The van der Waals surface area contributed by atoms with Gasteiger partial charge < -0.3 is 20.1 Å². The Balaban J connectivity index is 1.52. The number of anilines is 2. The normalized spacial score (nSPS) is 10.0. The second kappa shape index (κ2) is 8.87. The Labute approximate surface area is 158 Å². The molecule has 0 aliphatic heterocycles. The molecular formula is C21H20N2O2S. The van der Waals surface area contributed by atoms with Gasteiger partial charge in [-0.05, 0) is 54.2 Å². The molecular weight excluding hydrogens is 344 g/mol. The highest BCUT2D eigenvalue weighted by Crippen LogP contribution is 2.19. The Hall–Kier alpha value is -3.05. The van der Waals surface area contributed by atoms with Crippen molar-refractivity contribution in [2.24, 2.45) is 0 Å². The van der Waals surface area contributed by atoms with Gasteiger partial charge in [0.15, 0.2) is 5.11 Å². The van der Waals surface area contributed by atoms with Gasteiger partial charge in [0.05, 0.1) is 7.11 Å². The van der Waals surface area contributed by atoms with Crippen LogP contribution in [0.15, 0.2) is 78.9 Å². The summed E-state index contributed by atoms with van der Waals surface area (Å²) in [4.78, 5) is 0. The van der Waals surface area contributed by atoms with Gasteiger partial charge in [0, 0.05) is 17.4 Å². The second-order valence-electron chi connectivity index (χ2n) is 5.61. The number of methoxy groups -OCH3 is 1. The number of nitrogens with one attached hydrogen (secondary N) is 2. The Morgan fingerprint density at radius 2 is 1.54 bits per heavy atom. The zero-order valence-electron chi connectivity index (χ0n) is 14.4. The molecule has 0 saturated carbocycles. The lowest BCUT2D eigenvalue weighted by Gasteiger charge is -2.12. The molecule has 0 bridgehead atoms. The van der Waals surface area contributed by atoms with Gasteiger partial charge >= 0.3 is 0 Å². The largest absolute Gasteiger partial charge is 0.497 e. The van der Waals surface area contributed by atoms with E-state index in [1.807, 2.05) is 78.9 Å². The minimum atomic E-state index is 0.510. The summed E-state index contributed by atoms with van der Waals surface area (Å²) in [5.74, 6) is 1.59. The Bertz CT molecular complexity index is 851. The van der Waals surface area contributed by atoms with E-state index in [1.165, 1.54) is 0 Å². The first-order valence-corrected chi connectivity index (χ1v) is 8.62. The van der Waals surface area contributed by atoms with Crippen molar-refractivity contribution in [3.63, 3.8) is 0 Å². The summed E-state index contributed by atoms with van der Waals surface area (Å²) in [6.07, 6.45) is 0. The minimum absolute atomic E-state index is 0.510. The Kier molecular flexibility index (Phi) is 6.06. The summed E-state index contributed by atoms with van der Waals surface area (Å²) in [6, 6.07) is 25.4. The zero-order chi connectivity index (χ0) is 18.2. The molecule has 3 aromatic rings. The summed E-state index contributed by atoms with van der Waals surface area (Å²) in [5.41, 5.74) is 2.89. The highest BCUT2D eigenvalue weighted by atomic mass is 32.1. The van der Waals surface area contributed by atoms with E-state index in [4.69, 9.17) is 21.7 Å². The lowest BCUT2D eigenvalue weighted by atomic mass is 10.2. The van der Waals surface area contributed by atoms with Crippen LogP contribution in [-0.4, -0.2) is 12.2 Å². The predicted octanol–water partition coefficient (Wildman–Crippen LogP) is 5.08.